The predicted molar refractivity (Wildman–Crippen MR) is 132 cm³/mol. The van der Waals surface area contributed by atoms with E-state index in [9.17, 15) is 13.2 Å². The maximum absolute atomic E-state index is 15.6. The molecule has 0 radical (unpaired) electrons. The summed E-state index contributed by atoms with van der Waals surface area (Å²) in [7, 11) is 0. The highest BCUT2D eigenvalue weighted by molar-refractivity contribution is 5.71. The van der Waals surface area contributed by atoms with Crippen LogP contribution >= 0.6 is 0 Å². The fourth-order valence-corrected chi connectivity index (χ4v) is 6.13. The molecule has 1 saturated carbocycles. The van der Waals surface area contributed by atoms with E-state index in [-0.39, 0.29) is 24.8 Å². The van der Waals surface area contributed by atoms with Gasteiger partial charge in [-0.2, -0.15) is 0 Å². The summed E-state index contributed by atoms with van der Waals surface area (Å²) in [4.78, 5) is 0. The van der Waals surface area contributed by atoms with Gasteiger partial charge >= 0.3 is 6.36 Å². The van der Waals surface area contributed by atoms with Crippen LogP contribution in [0.15, 0.2) is 54.6 Å². The quantitative estimate of drug-likeness (QED) is 0.215. The zero-order chi connectivity index (χ0) is 27.7. The average Bonchev–Trinajstić information content (AvgIpc) is 2.90. The van der Waals surface area contributed by atoms with Crippen molar-refractivity contribution >= 4 is 0 Å². The van der Waals surface area contributed by atoms with E-state index in [1.807, 2.05) is 30.3 Å². The van der Waals surface area contributed by atoms with Crippen molar-refractivity contribution in [3.8, 4) is 22.3 Å². The summed E-state index contributed by atoms with van der Waals surface area (Å²) >= 11 is 0. The van der Waals surface area contributed by atoms with Crippen molar-refractivity contribution in [2.45, 2.75) is 70.3 Å². The van der Waals surface area contributed by atoms with Gasteiger partial charge in [-0.05, 0) is 41.9 Å². The first-order valence-corrected chi connectivity index (χ1v) is 12.8. The number of benzene rings is 3. The lowest BCUT2D eigenvalue weighted by Gasteiger charge is -2.49. The van der Waals surface area contributed by atoms with Crippen molar-refractivity contribution in [2.24, 2.45) is 5.92 Å². The van der Waals surface area contributed by atoms with Crippen molar-refractivity contribution in [3.05, 3.63) is 83.4 Å². The summed E-state index contributed by atoms with van der Waals surface area (Å²) in [6, 6.07) is 15.0. The number of alkyl halides is 3. The molecule has 1 aliphatic rings. The van der Waals surface area contributed by atoms with Crippen LogP contribution in [0.3, 0.4) is 0 Å². The highest BCUT2D eigenvalue weighted by Crippen LogP contribution is 2.53. The zero-order valence-electron chi connectivity index (χ0n) is 21.1. The Morgan fingerprint density at radius 2 is 1.34 bits per heavy atom. The predicted octanol–water partition coefficient (Wildman–Crippen LogP) is 9.95. The summed E-state index contributed by atoms with van der Waals surface area (Å²) in [5.41, 5.74) is -2.50. The Balaban J connectivity index is 1.84. The molecule has 0 aliphatic heterocycles. The molecule has 4 rings (SSSR count). The molecule has 1 nitrogen and oxygen atoms in total. The van der Waals surface area contributed by atoms with Crippen molar-refractivity contribution in [1.82, 2.24) is 0 Å². The fraction of sp³-hybridized carbons (Fsp3) is 0.400. The maximum Gasteiger partial charge on any atom is 0.523 e. The lowest BCUT2D eigenvalue weighted by molar-refractivity contribution is -0.384. The first-order valence-electron chi connectivity index (χ1n) is 12.8. The molecule has 3 aromatic rings. The van der Waals surface area contributed by atoms with Crippen LogP contribution in [0, 0.1) is 29.2 Å². The number of hydrogen-bond acceptors (Lipinski definition) is 1. The molecule has 8 heteroatoms. The van der Waals surface area contributed by atoms with E-state index in [2.05, 4.69) is 4.74 Å². The molecular weight excluding hydrogens is 509 g/mol. The van der Waals surface area contributed by atoms with E-state index < -0.39 is 58.2 Å². The van der Waals surface area contributed by atoms with Gasteiger partial charge in [-0.15, -0.1) is 13.2 Å². The Hall–Kier alpha value is -2.87. The molecule has 0 aromatic heterocycles. The third-order valence-electron chi connectivity index (χ3n) is 7.78. The standard InChI is InChI=1S/C30H29F7O/c1-3-21-12-8-9-17-29(21,38-30(35,36)37)22(4-2)24-27(33)25(31)23(26(32)28(24)34)20-15-13-19(14-16-20)18-10-6-5-7-11-18/h5-7,10-11,13-16,21-22H,3-4,8-9,12,17H2,1-2H3. The largest absolute Gasteiger partial charge is 0.523 e. The van der Waals surface area contributed by atoms with E-state index in [0.29, 0.717) is 19.3 Å². The number of halogens is 7. The number of rotatable bonds is 7. The summed E-state index contributed by atoms with van der Waals surface area (Å²) in [5, 5.41) is 0. The molecule has 38 heavy (non-hydrogen) atoms. The van der Waals surface area contributed by atoms with Crippen LogP contribution in [0.4, 0.5) is 30.7 Å². The lowest BCUT2D eigenvalue weighted by atomic mass is 9.64. The van der Waals surface area contributed by atoms with Gasteiger partial charge in [0, 0.05) is 11.5 Å². The zero-order valence-corrected chi connectivity index (χ0v) is 21.1. The third kappa shape index (κ3) is 5.20. The van der Waals surface area contributed by atoms with Crippen molar-refractivity contribution in [1.29, 1.82) is 0 Å². The summed E-state index contributed by atoms with van der Waals surface area (Å²) < 4.78 is 108. The van der Waals surface area contributed by atoms with Gasteiger partial charge in [0.05, 0.1) is 11.2 Å². The molecule has 1 aliphatic carbocycles. The van der Waals surface area contributed by atoms with Crippen LogP contribution in [0.2, 0.25) is 0 Å². The highest BCUT2D eigenvalue weighted by atomic mass is 19.4. The minimum Gasteiger partial charge on any atom is -0.284 e. The molecule has 0 saturated heterocycles. The monoisotopic (exact) mass is 538 g/mol. The summed E-state index contributed by atoms with van der Waals surface area (Å²) in [6.45, 7) is 3.12. The lowest BCUT2D eigenvalue weighted by Crippen LogP contribution is -2.51. The minimum atomic E-state index is -5.09. The highest BCUT2D eigenvalue weighted by Gasteiger charge is 2.54. The first-order chi connectivity index (χ1) is 18.0. The minimum absolute atomic E-state index is 0.0950. The molecule has 0 N–H and O–H groups in total. The van der Waals surface area contributed by atoms with Gasteiger partial charge < -0.3 is 0 Å². The van der Waals surface area contributed by atoms with Gasteiger partial charge in [0.1, 0.15) is 0 Å². The number of hydrogen-bond donors (Lipinski definition) is 0. The summed E-state index contributed by atoms with van der Waals surface area (Å²) in [6.07, 6.45) is -3.86. The van der Waals surface area contributed by atoms with Gasteiger partial charge in [0.25, 0.3) is 0 Å². The van der Waals surface area contributed by atoms with E-state index >= 15 is 17.6 Å². The third-order valence-corrected chi connectivity index (χ3v) is 7.78. The Morgan fingerprint density at radius 1 is 0.789 bits per heavy atom. The summed E-state index contributed by atoms with van der Waals surface area (Å²) in [5.74, 6) is -8.91. The Bertz CT molecular complexity index is 1230. The van der Waals surface area contributed by atoms with E-state index in [0.717, 1.165) is 11.1 Å². The molecule has 3 aromatic carbocycles. The second kappa shape index (κ2) is 11.1. The molecule has 3 unspecified atom stereocenters. The van der Waals surface area contributed by atoms with E-state index in [1.165, 1.54) is 19.1 Å². The van der Waals surface area contributed by atoms with Crippen LogP contribution < -0.4 is 0 Å². The van der Waals surface area contributed by atoms with Gasteiger partial charge in [-0.3, -0.25) is 4.74 Å². The van der Waals surface area contributed by atoms with E-state index in [4.69, 9.17) is 0 Å². The van der Waals surface area contributed by atoms with Crippen molar-refractivity contribution in [2.75, 3.05) is 0 Å². The second-order valence-electron chi connectivity index (χ2n) is 9.80. The SMILES string of the molecule is CCC1CCCCC1(OC(F)(F)F)C(CC)c1c(F)c(F)c(-c2ccc(-c3ccccc3)cc2)c(F)c1F. The Kier molecular flexibility index (Phi) is 8.21. The first kappa shape index (κ1) is 28.1. The van der Waals surface area contributed by atoms with Crippen LogP contribution in [-0.2, 0) is 4.74 Å². The van der Waals surface area contributed by atoms with E-state index in [1.54, 1.807) is 19.1 Å². The smallest absolute Gasteiger partial charge is 0.284 e. The van der Waals surface area contributed by atoms with Crippen LogP contribution in [0.1, 0.15) is 63.9 Å². The van der Waals surface area contributed by atoms with Crippen molar-refractivity contribution in [3.63, 3.8) is 0 Å². The average molecular weight is 539 g/mol. The number of ether oxygens (including phenoxy) is 1. The van der Waals surface area contributed by atoms with Gasteiger partial charge in [-0.1, -0.05) is 87.7 Å². The molecule has 0 amide bonds. The molecule has 204 valence electrons. The van der Waals surface area contributed by atoms with Gasteiger partial charge in [0.15, 0.2) is 23.3 Å². The van der Waals surface area contributed by atoms with Gasteiger partial charge in [-0.25, -0.2) is 17.6 Å². The normalized spacial score (nSPS) is 20.9. The fourth-order valence-electron chi connectivity index (χ4n) is 6.13. The van der Waals surface area contributed by atoms with Gasteiger partial charge in [0.2, 0.25) is 0 Å². The molecule has 3 atom stereocenters. The maximum atomic E-state index is 15.6. The topological polar surface area (TPSA) is 9.23 Å². The van der Waals surface area contributed by atoms with Crippen molar-refractivity contribution < 1.29 is 35.5 Å². The van der Waals surface area contributed by atoms with Crippen LogP contribution in [0.5, 0.6) is 0 Å². The molecule has 1 fully saturated rings. The van der Waals surface area contributed by atoms with Crippen LogP contribution in [0.25, 0.3) is 22.3 Å². The molecule has 0 heterocycles. The molecule has 0 spiro atoms. The van der Waals surface area contributed by atoms with Crippen LogP contribution in [-0.4, -0.2) is 12.0 Å². The second-order valence-corrected chi connectivity index (χ2v) is 9.80. The Morgan fingerprint density at radius 3 is 1.87 bits per heavy atom. The Labute approximate surface area is 217 Å². The molecule has 0 bridgehead atoms. The molecular formula is C30H29F7O.